The Kier molecular flexibility index (Phi) is 2.46. The van der Waals surface area contributed by atoms with Gasteiger partial charge in [-0.1, -0.05) is 0 Å². The summed E-state index contributed by atoms with van der Waals surface area (Å²) < 4.78 is 4.65. The normalized spacial score (nSPS) is 47.7. The molecule has 4 N–H and O–H groups in total. The van der Waals surface area contributed by atoms with Gasteiger partial charge < -0.3 is 25.2 Å². The maximum absolute atomic E-state index is 9.10. The van der Waals surface area contributed by atoms with Gasteiger partial charge in [0.2, 0.25) is 0 Å². The van der Waals surface area contributed by atoms with Gasteiger partial charge in [-0.25, -0.2) is 0 Å². The van der Waals surface area contributed by atoms with E-state index in [0.717, 1.165) is 0 Å². The highest BCUT2D eigenvalue weighted by Crippen LogP contribution is 2.21. The average molecular weight is 164 g/mol. The molecule has 11 heavy (non-hydrogen) atoms. The van der Waals surface area contributed by atoms with Crippen LogP contribution in [0.15, 0.2) is 0 Å². The summed E-state index contributed by atoms with van der Waals surface area (Å²) in [5.41, 5.74) is 0. The van der Waals surface area contributed by atoms with Crippen LogP contribution >= 0.6 is 0 Å². The molecule has 0 aromatic heterocycles. The fraction of sp³-hybridized carbons (Fsp3) is 1.00. The molecule has 1 unspecified atom stereocenters. The molecule has 5 heteroatoms. The van der Waals surface area contributed by atoms with Gasteiger partial charge in [-0.15, -0.1) is 0 Å². The van der Waals surface area contributed by atoms with Crippen molar-refractivity contribution in [3.05, 3.63) is 0 Å². The first kappa shape index (κ1) is 8.89. The molecule has 0 radical (unpaired) electrons. The van der Waals surface area contributed by atoms with Crippen LogP contribution in [0.25, 0.3) is 0 Å². The van der Waals surface area contributed by atoms with Crippen LogP contribution in [-0.2, 0) is 4.74 Å². The molecule has 0 bridgehead atoms. The monoisotopic (exact) mass is 164 g/mol. The Hall–Kier alpha value is -0.200. The summed E-state index contributed by atoms with van der Waals surface area (Å²) in [5.74, 6) is 0. The zero-order valence-electron chi connectivity index (χ0n) is 6.08. The smallest absolute Gasteiger partial charge is 0.184 e. The van der Waals surface area contributed by atoms with E-state index in [1.54, 1.807) is 0 Å². The van der Waals surface area contributed by atoms with Crippen molar-refractivity contribution in [2.45, 2.75) is 37.6 Å². The first-order valence-electron chi connectivity index (χ1n) is 3.41. The van der Waals surface area contributed by atoms with Gasteiger partial charge in [0.05, 0.1) is 6.10 Å². The van der Waals surface area contributed by atoms with Crippen LogP contribution in [-0.4, -0.2) is 51.1 Å². The van der Waals surface area contributed by atoms with Crippen LogP contribution < -0.4 is 0 Å². The van der Waals surface area contributed by atoms with E-state index in [1.165, 1.54) is 6.92 Å². The summed E-state index contributed by atoms with van der Waals surface area (Å²) in [7, 11) is 0. The van der Waals surface area contributed by atoms with E-state index in [9.17, 15) is 0 Å². The molecule has 0 saturated carbocycles. The van der Waals surface area contributed by atoms with Gasteiger partial charge in [0.1, 0.15) is 18.3 Å². The minimum Gasteiger partial charge on any atom is -0.391 e. The fourth-order valence-electron chi connectivity index (χ4n) is 1.08. The van der Waals surface area contributed by atoms with E-state index in [0.29, 0.717) is 0 Å². The molecule has 0 aromatic rings. The molecule has 1 fully saturated rings. The quantitative estimate of drug-likeness (QED) is 0.353. The van der Waals surface area contributed by atoms with Crippen LogP contribution in [0.1, 0.15) is 6.92 Å². The Balaban J connectivity index is 2.59. The minimum absolute atomic E-state index is 0.903. The fourth-order valence-corrected chi connectivity index (χ4v) is 1.08. The second-order valence-corrected chi connectivity index (χ2v) is 2.71. The first-order chi connectivity index (χ1) is 5.04. The molecule has 5 nitrogen and oxygen atoms in total. The zero-order valence-corrected chi connectivity index (χ0v) is 6.08. The molecule has 1 aliphatic heterocycles. The van der Waals surface area contributed by atoms with E-state index in [4.69, 9.17) is 20.4 Å². The molecule has 0 spiro atoms. The van der Waals surface area contributed by atoms with Crippen molar-refractivity contribution in [1.29, 1.82) is 0 Å². The van der Waals surface area contributed by atoms with E-state index in [2.05, 4.69) is 4.74 Å². The number of ether oxygens (including phenoxy) is 1. The summed E-state index contributed by atoms with van der Waals surface area (Å²) in [6, 6.07) is 0. The largest absolute Gasteiger partial charge is 0.391 e. The van der Waals surface area contributed by atoms with Crippen LogP contribution in [0, 0.1) is 0 Å². The molecular weight excluding hydrogens is 152 g/mol. The Morgan fingerprint density at radius 2 is 1.73 bits per heavy atom. The lowest BCUT2D eigenvalue weighted by Gasteiger charge is -2.16. The molecule has 0 aromatic carbocycles. The Bertz CT molecular complexity index is 137. The Morgan fingerprint density at radius 1 is 1.18 bits per heavy atom. The van der Waals surface area contributed by atoms with Crippen molar-refractivity contribution in [1.82, 2.24) is 0 Å². The summed E-state index contributed by atoms with van der Waals surface area (Å²) in [6.45, 7) is 1.42. The second-order valence-electron chi connectivity index (χ2n) is 2.71. The molecule has 0 amide bonds. The van der Waals surface area contributed by atoms with E-state index >= 15 is 0 Å². The number of hydrogen-bond donors (Lipinski definition) is 4. The summed E-state index contributed by atoms with van der Waals surface area (Å²) >= 11 is 0. The lowest BCUT2D eigenvalue weighted by molar-refractivity contribution is -0.143. The summed E-state index contributed by atoms with van der Waals surface area (Å²) in [6.07, 6.45) is -5.75. The van der Waals surface area contributed by atoms with Gasteiger partial charge in [0, 0.05) is 0 Å². The Labute approximate surface area is 63.8 Å². The maximum Gasteiger partial charge on any atom is 0.184 e. The van der Waals surface area contributed by atoms with Crippen molar-refractivity contribution < 1.29 is 25.2 Å². The van der Waals surface area contributed by atoms with Gasteiger partial charge in [-0.2, -0.15) is 0 Å². The number of rotatable bonds is 1. The van der Waals surface area contributed by atoms with Gasteiger partial charge in [0.25, 0.3) is 0 Å². The number of aliphatic hydroxyl groups excluding tert-OH is 4. The van der Waals surface area contributed by atoms with Gasteiger partial charge in [-0.3, -0.25) is 0 Å². The molecule has 1 heterocycles. The summed E-state index contributed by atoms with van der Waals surface area (Å²) in [5, 5.41) is 35.8. The van der Waals surface area contributed by atoms with Crippen LogP contribution in [0.5, 0.6) is 0 Å². The van der Waals surface area contributed by atoms with Gasteiger partial charge in [0.15, 0.2) is 6.29 Å². The highest BCUT2D eigenvalue weighted by Gasteiger charge is 2.43. The minimum atomic E-state index is -1.40. The van der Waals surface area contributed by atoms with Crippen LogP contribution in [0.3, 0.4) is 0 Å². The van der Waals surface area contributed by atoms with Crippen molar-refractivity contribution in [3.63, 3.8) is 0 Å². The SMILES string of the molecule is C[C@H](O)[C@H]1OC(O)[C@@H](O)[C@@H]1O. The van der Waals surface area contributed by atoms with E-state index in [1.807, 2.05) is 0 Å². The highest BCUT2D eigenvalue weighted by molar-refractivity contribution is 4.88. The van der Waals surface area contributed by atoms with Crippen molar-refractivity contribution in [3.8, 4) is 0 Å². The molecule has 1 rings (SSSR count). The lowest BCUT2D eigenvalue weighted by Crippen LogP contribution is -2.37. The molecule has 66 valence electrons. The second kappa shape index (κ2) is 3.04. The molecule has 1 saturated heterocycles. The summed E-state index contributed by atoms with van der Waals surface area (Å²) in [4.78, 5) is 0. The first-order valence-corrected chi connectivity index (χ1v) is 3.41. The topological polar surface area (TPSA) is 90.2 Å². The van der Waals surface area contributed by atoms with E-state index < -0.39 is 30.7 Å². The lowest BCUT2D eigenvalue weighted by atomic mass is 10.1. The van der Waals surface area contributed by atoms with E-state index in [-0.39, 0.29) is 0 Å². The number of aliphatic hydroxyl groups is 4. The van der Waals surface area contributed by atoms with Crippen molar-refractivity contribution in [2.75, 3.05) is 0 Å². The predicted molar refractivity (Wildman–Crippen MR) is 34.6 cm³/mol. The molecular formula is C6H12O5. The van der Waals surface area contributed by atoms with Gasteiger partial charge in [-0.05, 0) is 6.92 Å². The van der Waals surface area contributed by atoms with Crippen molar-refractivity contribution >= 4 is 0 Å². The predicted octanol–water partition coefficient (Wildman–Crippen LogP) is -2.19. The third-order valence-corrected chi connectivity index (χ3v) is 1.75. The third-order valence-electron chi connectivity index (χ3n) is 1.75. The standard InChI is InChI=1S/C6H12O5/c1-2(7)5-3(8)4(9)6(10)11-5/h2-10H,1H3/t2-,3-,4-,5+,6?/m0/s1. The number of hydrogen-bond acceptors (Lipinski definition) is 5. The maximum atomic E-state index is 9.10. The van der Waals surface area contributed by atoms with Crippen LogP contribution in [0.4, 0.5) is 0 Å². The third kappa shape index (κ3) is 1.52. The molecule has 5 atom stereocenters. The van der Waals surface area contributed by atoms with Crippen LogP contribution in [0.2, 0.25) is 0 Å². The molecule has 0 aliphatic carbocycles. The van der Waals surface area contributed by atoms with Crippen molar-refractivity contribution in [2.24, 2.45) is 0 Å². The highest BCUT2D eigenvalue weighted by atomic mass is 16.6. The average Bonchev–Trinajstić information content (AvgIpc) is 2.17. The zero-order chi connectivity index (χ0) is 8.59. The van der Waals surface area contributed by atoms with Gasteiger partial charge >= 0.3 is 0 Å². The molecule has 1 aliphatic rings. The Morgan fingerprint density at radius 3 is 1.91 bits per heavy atom.